The van der Waals surface area contributed by atoms with Crippen LogP contribution in [0.2, 0.25) is 0 Å². The predicted molar refractivity (Wildman–Crippen MR) is 92.7 cm³/mol. The Morgan fingerprint density at radius 1 is 1.04 bits per heavy atom. The number of amides is 1. The third kappa shape index (κ3) is 2.70. The number of hydrogen-bond acceptors (Lipinski definition) is 3. The minimum Gasteiger partial charge on any atom is -0.347 e. The molecule has 2 fully saturated rings. The van der Waals surface area contributed by atoms with Crippen LogP contribution in [-0.4, -0.2) is 21.9 Å². The fraction of sp³-hybridized carbons (Fsp3) is 0.450. The first-order chi connectivity index (χ1) is 11.7. The monoisotopic (exact) mass is 321 g/mol. The summed E-state index contributed by atoms with van der Waals surface area (Å²) in [6.45, 7) is 1.87. The van der Waals surface area contributed by atoms with Crippen LogP contribution in [-0.2, 0) is 0 Å². The molecule has 2 aliphatic rings. The molecule has 4 atom stereocenters. The van der Waals surface area contributed by atoms with E-state index in [9.17, 15) is 4.79 Å². The van der Waals surface area contributed by atoms with E-state index in [4.69, 9.17) is 0 Å². The molecule has 2 unspecified atom stereocenters. The number of nitrogens with zero attached hydrogens (tertiary/aromatic N) is 2. The summed E-state index contributed by atoms with van der Waals surface area (Å²) in [6.07, 6.45) is 8.31. The highest BCUT2D eigenvalue weighted by molar-refractivity contribution is 5.92. The molecule has 1 heterocycles. The lowest BCUT2D eigenvalue weighted by atomic mass is 9.53. The highest BCUT2D eigenvalue weighted by Gasteiger charge is 2.51. The van der Waals surface area contributed by atoms with Gasteiger partial charge in [0.25, 0.3) is 5.91 Å². The summed E-state index contributed by atoms with van der Waals surface area (Å²) in [4.78, 5) is 21.0. The molecular formula is C20H23N3O. The van der Waals surface area contributed by atoms with Crippen LogP contribution in [0, 0.1) is 18.8 Å². The van der Waals surface area contributed by atoms with Gasteiger partial charge < -0.3 is 5.32 Å². The minimum absolute atomic E-state index is 0.0996. The molecule has 4 rings (SSSR count). The number of carbonyl (C=O) groups is 1. The number of benzene rings is 1. The SMILES string of the molecule is Cc1cnc(C(=O)N[C@H]2C3CCCCC3[C@@H]2c2ccccc2)cn1. The first-order valence-electron chi connectivity index (χ1n) is 8.88. The predicted octanol–water partition coefficient (Wildman–Crippen LogP) is 3.49. The van der Waals surface area contributed by atoms with Gasteiger partial charge in [-0.25, -0.2) is 4.98 Å². The van der Waals surface area contributed by atoms with E-state index in [2.05, 4.69) is 45.6 Å². The Morgan fingerprint density at radius 3 is 2.50 bits per heavy atom. The van der Waals surface area contributed by atoms with Crippen LogP contribution in [0.3, 0.4) is 0 Å². The topological polar surface area (TPSA) is 54.9 Å². The number of rotatable bonds is 3. The zero-order valence-electron chi connectivity index (χ0n) is 14.0. The maximum Gasteiger partial charge on any atom is 0.271 e. The Bertz CT molecular complexity index is 713. The molecule has 2 aliphatic carbocycles. The average molecular weight is 321 g/mol. The Labute approximate surface area is 142 Å². The third-order valence-electron chi connectivity index (χ3n) is 5.68. The molecule has 0 spiro atoms. The molecule has 0 saturated heterocycles. The Morgan fingerprint density at radius 2 is 1.79 bits per heavy atom. The van der Waals surface area contributed by atoms with Crippen molar-refractivity contribution < 1.29 is 4.79 Å². The van der Waals surface area contributed by atoms with Crippen molar-refractivity contribution in [2.75, 3.05) is 0 Å². The van der Waals surface area contributed by atoms with Crippen LogP contribution in [0.1, 0.15) is 53.3 Å². The van der Waals surface area contributed by atoms with Crippen molar-refractivity contribution in [3.8, 4) is 0 Å². The number of hydrogen-bond donors (Lipinski definition) is 1. The Balaban J connectivity index is 1.55. The van der Waals surface area contributed by atoms with Crippen LogP contribution in [0.15, 0.2) is 42.7 Å². The van der Waals surface area contributed by atoms with Crippen LogP contribution in [0.5, 0.6) is 0 Å². The van der Waals surface area contributed by atoms with Crippen molar-refractivity contribution >= 4 is 5.91 Å². The van der Waals surface area contributed by atoms with Crippen molar-refractivity contribution in [2.24, 2.45) is 11.8 Å². The Hall–Kier alpha value is -2.23. The lowest BCUT2D eigenvalue weighted by Crippen LogP contribution is -2.59. The lowest BCUT2D eigenvalue weighted by Gasteiger charge is -2.55. The summed E-state index contributed by atoms with van der Waals surface area (Å²) in [6, 6.07) is 10.8. The van der Waals surface area contributed by atoms with E-state index in [0.29, 0.717) is 23.4 Å². The van der Waals surface area contributed by atoms with Crippen LogP contribution < -0.4 is 5.32 Å². The normalized spacial score (nSPS) is 28.5. The smallest absolute Gasteiger partial charge is 0.271 e. The molecule has 1 amide bonds. The molecule has 0 aliphatic heterocycles. The molecule has 4 heteroatoms. The molecule has 0 bridgehead atoms. The van der Waals surface area contributed by atoms with Gasteiger partial charge in [-0.15, -0.1) is 0 Å². The van der Waals surface area contributed by atoms with Gasteiger partial charge in [-0.2, -0.15) is 0 Å². The van der Waals surface area contributed by atoms with Crippen LogP contribution >= 0.6 is 0 Å². The molecule has 1 aromatic carbocycles. The van der Waals surface area contributed by atoms with Crippen LogP contribution in [0.25, 0.3) is 0 Å². The van der Waals surface area contributed by atoms with Gasteiger partial charge in [-0.1, -0.05) is 43.2 Å². The second-order valence-electron chi connectivity index (χ2n) is 7.09. The van der Waals surface area contributed by atoms with E-state index >= 15 is 0 Å². The lowest BCUT2D eigenvalue weighted by molar-refractivity contribution is 0.0250. The first-order valence-corrected chi connectivity index (χ1v) is 8.88. The van der Waals surface area contributed by atoms with Gasteiger partial charge >= 0.3 is 0 Å². The second-order valence-corrected chi connectivity index (χ2v) is 7.09. The van der Waals surface area contributed by atoms with Gasteiger partial charge in [-0.3, -0.25) is 9.78 Å². The van der Waals surface area contributed by atoms with Crippen molar-refractivity contribution in [3.63, 3.8) is 0 Å². The summed E-state index contributed by atoms with van der Waals surface area (Å²) < 4.78 is 0. The quantitative estimate of drug-likeness (QED) is 0.941. The first kappa shape index (κ1) is 15.3. The van der Waals surface area contributed by atoms with E-state index in [1.165, 1.54) is 31.2 Å². The fourth-order valence-corrected chi connectivity index (χ4v) is 4.53. The van der Waals surface area contributed by atoms with E-state index in [-0.39, 0.29) is 11.9 Å². The zero-order valence-corrected chi connectivity index (χ0v) is 14.0. The minimum atomic E-state index is -0.0996. The molecule has 1 N–H and O–H groups in total. The molecule has 124 valence electrons. The number of aromatic nitrogens is 2. The number of nitrogens with one attached hydrogen (secondary N) is 1. The summed E-state index contributed by atoms with van der Waals surface area (Å²) >= 11 is 0. The Kier molecular flexibility index (Phi) is 4.05. The standard InChI is InChI=1S/C20H23N3O/c1-13-11-22-17(12-21-13)20(24)23-19-16-10-6-5-9-15(16)18(19)14-7-3-2-4-8-14/h2-4,7-8,11-12,15-16,18-19H,5-6,9-10H2,1H3,(H,23,24)/t15?,16?,18-,19-/m0/s1. The number of aryl methyl sites for hydroxylation is 1. The van der Waals surface area contributed by atoms with Crippen molar-refractivity contribution in [1.29, 1.82) is 0 Å². The number of carbonyl (C=O) groups excluding carboxylic acids is 1. The van der Waals surface area contributed by atoms with Crippen LogP contribution in [0.4, 0.5) is 0 Å². The van der Waals surface area contributed by atoms with Gasteiger partial charge in [0.05, 0.1) is 11.9 Å². The summed E-state index contributed by atoms with van der Waals surface area (Å²) in [5.74, 6) is 1.64. The van der Waals surface area contributed by atoms with Gasteiger partial charge in [0, 0.05) is 18.2 Å². The van der Waals surface area contributed by atoms with Gasteiger partial charge in [0.2, 0.25) is 0 Å². The molecular weight excluding hydrogens is 298 g/mol. The average Bonchev–Trinajstić information content (AvgIpc) is 2.61. The molecule has 2 saturated carbocycles. The van der Waals surface area contributed by atoms with E-state index in [1.54, 1.807) is 12.4 Å². The van der Waals surface area contributed by atoms with Crippen molar-refractivity contribution in [1.82, 2.24) is 15.3 Å². The molecule has 1 aromatic heterocycles. The largest absolute Gasteiger partial charge is 0.347 e. The van der Waals surface area contributed by atoms with Crippen molar-refractivity contribution in [3.05, 3.63) is 59.7 Å². The molecule has 2 aromatic rings. The van der Waals surface area contributed by atoms with Gasteiger partial charge in [0.15, 0.2) is 0 Å². The van der Waals surface area contributed by atoms with E-state index in [1.807, 2.05) is 6.92 Å². The van der Waals surface area contributed by atoms with Gasteiger partial charge in [-0.05, 0) is 37.2 Å². The highest BCUT2D eigenvalue weighted by atomic mass is 16.2. The highest BCUT2D eigenvalue weighted by Crippen LogP contribution is 2.54. The third-order valence-corrected chi connectivity index (χ3v) is 5.68. The molecule has 0 radical (unpaired) electrons. The van der Waals surface area contributed by atoms with Crippen molar-refractivity contribution in [2.45, 2.75) is 44.6 Å². The second kappa shape index (κ2) is 6.34. The zero-order chi connectivity index (χ0) is 16.5. The summed E-state index contributed by atoms with van der Waals surface area (Å²) in [7, 11) is 0. The number of fused-ring (bicyclic) bond motifs is 1. The summed E-state index contributed by atoms with van der Waals surface area (Å²) in [5.41, 5.74) is 2.58. The molecule has 24 heavy (non-hydrogen) atoms. The summed E-state index contributed by atoms with van der Waals surface area (Å²) in [5, 5.41) is 3.26. The van der Waals surface area contributed by atoms with E-state index < -0.39 is 0 Å². The maximum atomic E-state index is 12.6. The van der Waals surface area contributed by atoms with Gasteiger partial charge in [0.1, 0.15) is 5.69 Å². The van der Waals surface area contributed by atoms with E-state index in [0.717, 1.165) is 5.69 Å². The maximum absolute atomic E-state index is 12.6. The molecule has 4 nitrogen and oxygen atoms in total. The fourth-order valence-electron chi connectivity index (χ4n) is 4.53.